The summed E-state index contributed by atoms with van der Waals surface area (Å²) in [5, 5.41) is 3.21. The van der Waals surface area contributed by atoms with Crippen LogP contribution in [0.1, 0.15) is 32.8 Å². The van der Waals surface area contributed by atoms with Gasteiger partial charge in [-0.1, -0.05) is 15.9 Å². The monoisotopic (exact) mass is 313 g/mol. The minimum Gasteiger partial charge on any atom is -0.460 e. The molecule has 0 aliphatic rings. The number of halogens is 1. The second kappa shape index (κ2) is 6.23. The summed E-state index contributed by atoms with van der Waals surface area (Å²) in [5.41, 5.74) is 1.76. The molecule has 0 atom stereocenters. The number of hydrogen-bond acceptors (Lipinski definition) is 3. The van der Waals surface area contributed by atoms with Crippen LogP contribution in [-0.4, -0.2) is 18.1 Å². The third kappa shape index (κ3) is 6.05. The first kappa shape index (κ1) is 15.0. The van der Waals surface area contributed by atoms with Crippen molar-refractivity contribution >= 4 is 27.6 Å². The van der Waals surface area contributed by atoms with Gasteiger partial charge in [-0.15, -0.1) is 0 Å². The first-order valence-corrected chi connectivity index (χ1v) is 6.78. The van der Waals surface area contributed by atoms with Crippen molar-refractivity contribution in [1.82, 2.24) is 0 Å². The molecular formula is C14H20BrNO2. The molecule has 0 aliphatic carbocycles. The Hall–Kier alpha value is -1.03. The molecule has 1 aromatic rings. The van der Waals surface area contributed by atoms with E-state index in [1.54, 1.807) is 0 Å². The predicted octanol–water partition coefficient (Wildman–Crippen LogP) is 3.90. The van der Waals surface area contributed by atoms with Gasteiger partial charge in [0.1, 0.15) is 5.60 Å². The zero-order valence-electron chi connectivity index (χ0n) is 11.3. The molecule has 4 heteroatoms. The van der Waals surface area contributed by atoms with Crippen LogP contribution < -0.4 is 5.32 Å². The van der Waals surface area contributed by atoms with E-state index >= 15 is 0 Å². The quantitative estimate of drug-likeness (QED) is 0.857. The Balaban J connectivity index is 2.40. The molecule has 0 bridgehead atoms. The largest absolute Gasteiger partial charge is 0.460 e. The third-order valence-electron chi connectivity index (χ3n) is 2.12. The summed E-state index contributed by atoms with van der Waals surface area (Å²) in [7, 11) is 0. The smallest absolute Gasteiger partial charge is 0.308 e. The predicted molar refractivity (Wildman–Crippen MR) is 77.8 cm³/mol. The molecule has 1 aromatic carbocycles. The molecule has 0 heterocycles. The van der Waals surface area contributed by atoms with Gasteiger partial charge in [0.25, 0.3) is 0 Å². The molecule has 1 rings (SSSR count). The summed E-state index contributed by atoms with van der Waals surface area (Å²) < 4.78 is 6.26. The van der Waals surface area contributed by atoms with Gasteiger partial charge in [-0.25, -0.2) is 0 Å². The summed E-state index contributed by atoms with van der Waals surface area (Å²) in [6.07, 6.45) is 0.364. The maximum atomic E-state index is 11.5. The lowest BCUT2D eigenvalue weighted by molar-refractivity contribution is -0.154. The Morgan fingerprint density at radius 1 is 1.33 bits per heavy atom. The summed E-state index contributed by atoms with van der Waals surface area (Å²) in [6.45, 7) is 8.22. The summed E-state index contributed by atoms with van der Waals surface area (Å²) in [4.78, 5) is 11.5. The molecule has 0 fully saturated rings. The number of esters is 1. The Bertz CT molecular complexity index is 404. The van der Waals surface area contributed by atoms with Gasteiger partial charge in [0, 0.05) is 16.7 Å². The van der Waals surface area contributed by atoms with Crippen LogP contribution >= 0.6 is 15.9 Å². The van der Waals surface area contributed by atoms with Crippen LogP contribution in [0.15, 0.2) is 22.7 Å². The van der Waals surface area contributed by atoms with Crippen LogP contribution in [-0.2, 0) is 9.53 Å². The van der Waals surface area contributed by atoms with E-state index in [4.69, 9.17) is 4.74 Å². The lowest BCUT2D eigenvalue weighted by Gasteiger charge is -2.19. The average molecular weight is 314 g/mol. The van der Waals surface area contributed by atoms with Crippen LogP contribution in [0, 0.1) is 6.92 Å². The molecule has 0 amide bonds. The van der Waals surface area contributed by atoms with Crippen LogP contribution in [0.5, 0.6) is 0 Å². The Morgan fingerprint density at radius 2 is 2.00 bits per heavy atom. The number of carbonyl (C=O) groups is 1. The Labute approximate surface area is 117 Å². The van der Waals surface area contributed by atoms with Crippen molar-refractivity contribution in [1.29, 1.82) is 0 Å². The van der Waals surface area contributed by atoms with Crippen molar-refractivity contribution in [3.05, 3.63) is 28.2 Å². The van der Waals surface area contributed by atoms with E-state index in [2.05, 4.69) is 21.2 Å². The van der Waals surface area contributed by atoms with Gasteiger partial charge >= 0.3 is 5.97 Å². The normalized spacial score (nSPS) is 11.2. The topological polar surface area (TPSA) is 38.3 Å². The SMILES string of the molecule is Cc1cc(Br)cc(NCCC(=O)OC(C)(C)C)c1. The maximum absolute atomic E-state index is 11.5. The lowest BCUT2D eigenvalue weighted by atomic mass is 10.2. The second-order valence-corrected chi connectivity index (χ2v) is 6.20. The van der Waals surface area contributed by atoms with Gasteiger partial charge in [-0.2, -0.15) is 0 Å². The van der Waals surface area contributed by atoms with E-state index in [0.29, 0.717) is 13.0 Å². The molecule has 0 saturated heterocycles. The van der Waals surface area contributed by atoms with Gasteiger partial charge in [-0.05, 0) is 51.5 Å². The van der Waals surface area contributed by atoms with Gasteiger partial charge in [0.05, 0.1) is 6.42 Å². The van der Waals surface area contributed by atoms with Crippen molar-refractivity contribution in [3.8, 4) is 0 Å². The van der Waals surface area contributed by atoms with Gasteiger partial charge in [0.15, 0.2) is 0 Å². The molecule has 0 aromatic heterocycles. The lowest BCUT2D eigenvalue weighted by Crippen LogP contribution is -2.25. The van der Waals surface area contributed by atoms with Crippen LogP contribution in [0.2, 0.25) is 0 Å². The maximum Gasteiger partial charge on any atom is 0.308 e. The van der Waals surface area contributed by atoms with Gasteiger partial charge in [0.2, 0.25) is 0 Å². The average Bonchev–Trinajstić information content (AvgIpc) is 2.12. The Morgan fingerprint density at radius 3 is 2.56 bits per heavy atom. The van der Waals surface area contributed by atoms with E-state index in [1.165, 1.54) is 5.56 Å². The van der Waals surface area contributed by atoms with Gasteiger partial charge < -0.3 is 10.1 Å². The zero-order chi connectivity index (χ0) is 13.8. The third-order valence-corrected chi connectivity index (χ3v) is 2.58. The number of anilines is 1. The first-order chi connectivity index (χ1) is 8.26. The van der Waals surface area contributed by atoms with Crippen LogP contribution in [0.3, 0.4) is 0 Å². The Kier molecular flexibility index (Phi) is 5.20. The summed E-state index contributed by atoms with van der Waals surface area (Å²) in [5.74, 6) is -0.179. The van der Waals surface area contributed by atoms with E-state index in [9.17, 15) is 4.79 Å². The molecule has 3 nitrogen and oxygen atoms in total. The fourth-order valence-electron chi connectivity index (χ4n) is 1.54. The van der Waals surface area contributed by atoms with Crippen LogP contribution in [0.4, 0.5) is 5.69 Å². The fourth-order valence-corrected chi connectivity index (χ4v) is 2.15. The van der Waals surface area contributed by atoms with E-state index < -0.39 is 5.60 Å². The highest BCUT2D eigenvalue weighted by Gasteiger charge is 2.15. The van der Waals surface area contributed by atoms with Crippen LogP contribution in [0.25, 0.3) is 0 Å². The summed E-state index contributed by atoms with van der Waals surface area (Å²) in [6, 6.07) is 6.07. The van der Waals surface area contributed by atoms with Gasteiger partial charge in [-0.3, -0.25) is 4.79 Å². The molecule has 18 heavy (non-hydrogen) atoms. The molecule has 100 valence electrons. The minimum atomic E-state index is -0.413. The fraction of sp³-hybridized carbons (Fsp3) is 0.500. The molecule has 0 saturated carbocycles. The first-order valence-electron chi connectivity index (χ1n) is 5.99. The summed E-state index contributed by atoms with van der Waals surface area (Å²) >= 11 is 3.44. The van der Waals surface area contributed by atoms with Crippen molar-refractivity contribution in [2.75, 3.05) is 11.9 Å². The molecule has 0 unspecified atom stereocenters. The molecule has 0 radical (unpaired) electrons. The van der Waals surface area contributed by atoms with Crippen molar-refractivity contribution < 1.29 is 9.53 Å². The van der Waals surface area contributed by atoms with Crippen molar-refractivity contribution in [3.63, 3.8) is 0 Å². The number of rotatable bonds is 4. The standard InChI is InChI=1S/C14H20BrNO2/c1-10-7-11(15)9-12(8-10)16-6-5-13(17)18-14(2,3)4/h7-9,16H,5-6H2,1-4H3. The number of carbonyl (C=O) groups excluding carboxylic acids is 1. The minimum absolute atomic E-state index is 0.179. The highest BCUT2D eigenvalue weighted by atomic mass is 79.9. The van der Waals surface area contributed by atoms with Crippen molar-refractivity contribution in [2.45, 2.75) is 39.7 Å². The number of ether oxygens (including phenoxy) is 1. The number of hydrogen-bond donors (Lipinski definition) is 1. The number of nitrogens with one attached hydrogen (secondary N) is 1. The molecule has 0 spiro atoms. The molecule has 0 aliphatic heterocycles. The van der Waals surface area contributed by atoms with E-state index in [1.807, 2.05) is 45.9 Å². The van der Waals surface area contributed by atoms with E-state index in [0.717, 1.165) is 10.2 Å². The zero-order valence-corrected chi connectivity index (χ0v) is 12.9. The number of aryl methyl sites for hydroxylation is 1. The number of benzene rings is 1. The van der Waals surface area contributed by atoms with E-state index in [-0.39, 0.29) is 5.97 Å². The van der Waals surface area contributed by atoms with Crippen molar-refractivity contribution in [2.24, 2.45) is 0 Å². The molecule has 1 N–H and O–H groups in total. The second-order valence-electron chi connectivity index (χ2n) is 5.28. The molecular weight excluding hydrogens is 294 g/mol. The highest BCUT2D eigenvalue weighted by molar-refractivity contribution is 9.10. The highest BCUT2D eigenvalue weighted by Crippen LogP contribution is 2.19.